The van der Waals surface area contributed by atoms with Gasteiger partial charge in [-0.15, -0.1) is 0 Å². The zero-order valence-electron chi connectivity index (χ0n) is 11.6. The maximum atomic E-state index is 9.88. The third kappa shape index (κ3) is 3.06. The van der Waals surface area contributed by atoms with Crippen LogP contribution in [0.5, 0.6) is 0 Å². The molecule has 0 aromatic heterocycles. The van der Waals surface area contributed by atoms with Gasteiger partial charge < -0.3 is 30.5 Å². The van der Waals surface area contributed by atoms with E-state index in [4.69, 9.17) is 4.74 Å². The Kier molecular flexibility index (Phi) is 5.20. The molecular weight excluding hydrogens is 264 g/mol. The predicted octanol–water partition coefficient (Wildman–Crippen LogP) is -1.26. The van der Waals surface area contributed by atoms with Gasteiger partial charge in [0.15, 0.2) is 6.10 Å². The standard InChI is InChI=1S/C13H24N2O5/c1-2-3-4-5-6-14-13-15-7-8(16)9(17)10(18)11(19)12(7)20-13/h7-12,16-19H,2-6H2,1H3,(H,14,15)/t7-,8-,9+,10-,11+,12+/m0/s1. The van der Waals surface area contributed by atoms with Gasteiger partial charge in [0.1, 0.15) is 24.4 Å². The van der Waals surface area contributed by atoms with Crippen molar-refractivity contribution in [1.82, 2.24) is 5.32 Å². The molecule has 0 unspecified atom stereocenters. The van der Waals surface area contributed by atoms with Crippen molar-refractivity contribution < 1.29 is 25.2 Å². The van der Waals surface area contributed by atoms with E-state index in [1.807, 2.05) is 0 Å². The van der Waals surface area contributed by atoms with Gasteiger partial charge in [-0.25, -0.2) is 4.99 Å². The predicted molar refractivity (Wildman–Crippen MR) is 72.3 cm³/mol. The number of ether oxygens (including phenoxy) is 1. The number of amidine groups is 1. The summed E-state index contributed by atoms with van der Waals surface area (Å²) >= 11 is 0. The van der Waals surface area contributed by atoms with E-state index in [1.54, 1.807) is 0 Å². The van der Waals surface area contributed by atoms with E-state index in [1.165, 1.54) is 6.42 Å². The number of aliphatic hydroxyl groups is 4. The van der Waals surface area contributed by atoms with Gasteiger partial charge in [0.05, 0.1) is 6.04 Å². The minimum absolute atomic E-state index is 0.260. The smallest absolute Gasteiger partial charge is 0.285 e. The molecule has 1 heterocycles. The first-order valence-corrected chi connectivity index (χ1v) is 7.26. The molecule has 116 valence electrons. The molecule has 2 fully saturated rings. The average Bonchev–Trinajstić information content (AvgIpc) is 2.87. The molecule has 0 aromatic carbocycles. The molecule has 0 bridgehead atoms. The Bertz CT molecular complexity index is 328. The van der Waals surface area contributed by atoms with Gasteiger partial charge in [0.2, 0.25) is 0 Å². The fourth-order valence-electron chi connectivity index (χ4n) is 2.64. The second kappa shape index (κ2) is 6.71. The highest BCUT2D eigenvalue weighted by Gasteiger charge is 2.53. The number of nitrogens with zero attached hydrogens (tertiary/aromatic N) is 1. The molecule has 0 aromatic rings. The molecule has 5 N–H and O–H groups in total. The van der Waals surface area contributed by atoms with Crippen molar-refractivity contribution in [1.29, 1.82) is 0 Å². The Labute approximate surface area is 118 Å². The second-order valence-electron chi connectivity index (χ2n) is 5.46. The van der Waals surface area contributed by atoms with E-state index in [0.717, 1.165) is 19.3 Å². The number of aliphatic hydroxyl groups excluding tert-OH is 4. The van der Waals surface area contributed by atoms with E-state index >= 15 is 0 Å². The highest BCUT2D eigenvalue weighted by atomic mass is 16.5. The van der Waals surface area contributed by atoms with Gasteiger partial charge in [-0.05, 0) is 6.42 Å². The van der Waals surface area contributed by atoms with Crippen molar-refractivity contribution in [2.24, 2.45) is 4.99 Å². The lowest BCUT2D eigenvalue weighted by Crippen LogP contribution is -2.64. The molecule has 7 nitrogen and oxygen atoms in total. The third-order valence-corrected chi connectivity index (χ3v) is 3.91. The molecule has 2 aliphatic rings. The fraction of sp³-hybridized carbons (Fsp3) is 0.923. The number of rotatable bonds is 5. The van der Waals surface area contributed by atoms with Crippen molar-refractivity contribution in [2.75, 3.05) is 6.54 Å². The van der Waals surface area contributed by atoms with Crippen LogP contribution < -0.4 is 5.32 Å². The van der Waals surface area contributed by atoms with Crippen molar-refractivity contribution in [3.63, 3.8) is 0 Å². The van der Waals surface area contributed by atoms with Crippen LogP contribution in [-0.4, -0.2) is 69.6 Å². The summed E-state index contributed by atoms with van der Waals surface area (Å²) < 4.78 is 5.43. The van der Waals surface area contributed by atoms with Crippen molar-refractivity contribution >= 4 is 6.02 Å². The molecule has 2 rings (SSSR count). The quantitative estimate of drug-likeness (QED) is 0.403. The molecular formula is C13H24N2O5. The van der Waals surface area contributed by atoms with E-state index in [9.17, 15) is 20.4 Å². The first-order valence-electron chi connectivity index (χ1n) is 7.26. The summed E-state index contributed by atoms with van der Waals surface area (Å²) in [6.45, 7) is 2.75. The highest BCUT2D eigenvalue weighted by molar-refractivity contribution is 5.76. The second-order valence-corrected chi connectivity index (χ2v) is 5.46. The molecule has 1 aliphatic carbocycles. The summed E-state index contributed by atoms with van der Waals surface area (Å²) in [6, 6.07) is -0.395. The minimum Gasteiger partial charge on any atom is -0.457 e. The van der Waals surface area contributed by atoms with Crippen molar-refractivity contribution in [3.05, 3.63) is 0 Å². The molecule has 0 spiro atoms. The van der Waals surface area contributed by atoms with Crippen molar-refractivity contribution in [2.45, 2.75) is 69.2 Å². The van der Waals surface area contributed by atoms with Crippen LogP contribution in [0.2, 0.25) is 0 Å². The number of fused-ring (bicyclic) bond motifs is 1. The zero-order valence-corrected chi connectivity index (χ0v) is 11.6. The molecule has 6 atom stereocenters. The number of unbranched alkanes of at least 4 members (excludes halogenated alkanes) is 3. The highest BCUT2D eigenvalue weighted by Crippen LogP contribution is 2.27. The molecule has 1 saturated carbocycles. The summed E-state index contributed by atoms with van der Waals surface area (Å²) in [5.74, 6) is 0. The van der Waals surface area contributed by atoms with Crippen LogP contribution >= 0.6 is 0 Å². The molecule has 0 radical (unpaired) electrons. The van der Waals surface area contributed by atoms with Crippen LogP contribution in [0.4, 0.5) is 0 Å². The number of hydrogen-bond donors (Lipinski definition) is 5. The van der Waals surface area contributed by atoms with Crippen molar-refractivity contribution in [3.8, 4) is 0 Å². The normalized spacial score (nSPS) is 42.1. The maximum absolute atomic E-state index is 9.88. The summed E-state index contributed by atoms with van der Waals surface area (Å²) in [6.07, 6.45) is -1.69. The van der Waals surface area contributed by atoms with Crippen LogP contribution in [0.3, 0.4) is 0 Å². The Morgan fingerprint density at radius 3 is 2.40 bits per heavy atom. The first kappa shape index (κ1) is 15.5. The van der Waals surface area contributed by atoms with E-state index in [-0.39, 0.29) is 6.02 Å². The molecule has 7 heteroatoms. The zero-order chi connectivity index (χ0) is 14.7. The first-order chi connectivity index (χ1) is 9.56. The molecule has 1 saturated heterocycles. The maximum Gasteiger partial charge on any atom is 0.285 e. The Balaban J connectivity index is 1.91. The summed E-state index contributed by atoms with van der Waals surface area (Å²) in [4.78, 5) is 4.24. The van der Waals surface area contributed by atoms with E-state index < -0.39 is 36.6 Å². The molecule has 20 heavy (non-hydrogen) atoms. The average molecular weight is 288 g/mol. The van der Waals surface area contributed by atoms with Gasteiger partial charge in [-0.3, -0.25) is 0 Å². The Morgan fingerprint density at radius 2 is 1.70 bits per heavy atom. The Morgan fingerprint density at radius 1 is 1.00 bits per heavy atom. The third-order valence-electron chi connectivity index (χ3n) is 3.91. The van der Waals surface area contributed by atoms with E-state index in [0.29, 0.717) is 6.54 Å². The lowest BCUT2D eigenvalue weighted by Gasteiger charge is -2.38. The summed E-state index contributed by atoms with van der Waals surface area (Å²) in [5, 5.41) is 41.8. The lowest BCUT2D eigenvalue weighted by molar-refractivity contribution is -0.174. The largest absolute Gasteiger partial charge is 0.457 e. The van der Waals surface area contributed by atoms with Crippen LogP contribution in [0, 0.1) is 0 Å². The van der Waals surface area contributed by atoms with Gasteiger partial charge >= 0.3 is 0 Å². The Hall–Kier alpha value is -0.890. The number of aliphatic imine (C=N–C) groups is 1. The van der Waals surface area contributed by atoms with Crippen LogP contribution in [0.15, 0.2) is 4.99 Å². The molecule has 0 amide bonds. The fourth-order valence-corrected chi connectivity index (χ4v) is 2.64. The number of nitrogens with one attached hydrogen (secondary N) is 1. The van der Waals surface area contributed by atoms with E-state index in [2.05, 4.69) is 17.2 Å². The number of hydrogen-bond acceptors (Lipinski definition) is 6. The van der Waals surface area contributed by atoms with Crippen LogP contribution in [-0.2, 0) is 4.74 Å². The molecule has 1 aliphatic heterocycles. The lowest BCUT2D eigenvalue weighted by atomic mass is 9.84. The minimum atomic E-state index is -1.42. The summed E-state index contributed by atoms with van der Waals surface area (Å²) in [7, 11) is 0. The van der Waals surface area contributed by atoms with Crippen LogP contribution in [0.25, 0.3) is 0 Å². The summed E-state index contributed by atoms with van der Waals surface area (Å²) in [5.41, 5.74) is 0. The monoisotopic (exact) mass is 288 g/mol. The van der Waals surface area contributed by atoms with Gasteiger partial charge in [-0.1, -0.05) is 26.2 Å². The van der Waals surface area contributed by atoms with Crippen LogP contribution in [0.1, 0.15) is 32.6 Å². The topological polar surface area (TPSA) is 115 Å². The van der Waals surface area contributed by atoms with Gasteiger partial charge in [-0.2, -0.15) is 0 Å². The van der Waals surface area contributed by atoms with Gasteiger partial charge in [0.25, 0.3) is 6.02 Å². The van der Waals surface area contributed by atoms with Gasteiger partial charge in [0, 0.05) is 6.54 Å². The SMILES string of the molecule is CCCCCCN=C1N[C@H]2[C@H](O)[C@@H](O)[C@H](O)[C@@H](O)[C@@H]2O1.